The van der Waals surface area contributed by atoms with Gasteiger partial charge in [-0.2, -0.15) is 5.10 Å². The van der Waals surface area contributed by atoms with E-state index in [9.17, 15) is 19.3 Å². The molecule has 1 heterocycles. The molecule has 0 aliphatic rings. The molecular formula is C17H13FN4O4. The van der Waals surface area contributed by atoms with Crippen molar-refractivity contribution in [3.63, 3.8) is 0 Å². The van der Waals surface area contributed by atoms with Crippen LogP contribution in [0, 0.1) is 15.9 Å². The van der Waals surface area contributed by atoms with Gasteiger partial charge in [-0.05, 0) is 24.3 Å². The first-order valence-corrected chi connectivity index (χ1v) is 7.43. The Balaban J connectivity index is 1.89. The normalized spacial score (nSPS) is 10.4. The zero-order valence-electron chi connectivity index (χ0n) is 13.5. The lowest BCUT2D eigenvalue weighted by molar-refractivity contribution is -0.385. The molecule has 0 saturated carbocycles. The molecule has 0 spiro atoms. The fraction of sp³-hybridized carbons (Fsp3) is 0.0588. The highest BCUT2D eigenvalue weighted by molar-refractivity contribution is 5.95. The van der Waals surface area contributed by atoms with Gasteiger partial charge in [0.05, 0.1) is 30.1 Å². The average Bonchev–Trinajstić information content (AvgIpc) is 3.09. The first kappa shape index (κ1) is 17.1. The number of benzene rings is 2. The minimum atomic E-state index is -0.817. The van der Waals surface area contributed by atoms with Crippen molar-refractivity contribution in [2.24, 2.45) is 0 Å². The monoisotopic (exact) mass is 356 g/mol. The van der Waals surface area contributed by atoms with Gasteiger partial charge in [0.25, 0.3) is 5.69 Å². The predicted octanol–water partition coefficient (Wildman–Crippen LogP) is 3.45. The number of nitro groups is 1. The number of aromatic nitrogens is 2. The van der Waals surface area contributed by atoms with E-state index in [1.54, 1.807) is 24.4 Å². The molecule has 3 rings (SSSR count). The van der Waals surface area contributed by atoms with Gasteiger partial charge in [-0.25, -0.2) is 13.9 Å². The molecular weight excluding hydrogens is 343 g/mol. The molecule has 0 radical (unpaired) electrons. The smallest absolute Gasteiger partial charge is 0.344 e. The van der Waals surface area contributed by atoms with E-state index in [2.05, 4.69) is 15.2 Å². The number of carbonyl (C=O) groups excluding carboxylic acids is 1. The first-order valence-electron chi connectivity index (χ1n) is 7.43. The van der Waals surface area contributed by atoms with Crippen LogP contribution >= 0.6 is 0 Å². The lowest BCUT2D eigenvalue weighted by Gasteiger charge is -2.06. The zero-order valence-corrected chi connectivity index (χ0v) is 13.5. The van der Waals surface area contributed by atoms with Crippen LogP contribution < -0.4 is 5.32 Å². The number of ether oxygens (including phenoxy) is 1. The molecule has 1 aromatic heterocycles. The maximum Gasteiger partial charge on any atom is 0.344 e. The van der Waals surface area contributed by atoms with E-state index in [0.717, 1.165) is 7.11 Å². The molecule has 0 aliphatic carbocycles. The van der Waals surface area contributed by atoms with Crippen molar-refractivity contribution in [2.45, 2.75) is 0 Å². The van der Waals surface area contributed by atoms with Gasteiger partial charge in [-0.1, -0.05) is 12.1 Å². The summed E-state index contributed by atoms with van der Waals surface area (Å²) in [6.07, 6.45) is 3.02. The molecule has 0 aliphatic heterocycles. The van der Waals surface area contributed by atoms with E-state index in [1.807, 2.05) is 0 Å². The van der Waals surface area contributed by atoms with E-state index >= 15 is 0 Å². The predicted molar refractivity (Wildman–Crippen MR) is 91.2 cm³/mol. The number of hydrogen-bond acceptors (Lipinski definition) is 6. The van der Waals surface area contributed by atoms with Crippen molar-refractivity contribution in [2.75, 3.05) is 12.4 Å². The topological polar surface area (TPSA) is 99.3 Å². The van der Waals surface area contributed by atoms with Gasteiger partial charge in [-0.3, -0.25) is 10.1 Å². The SMILES string of the molecule is COC(=O)c1cc(Nc2cnn(-c3ccccc3F)c2)ccc1[N+](=O)[O-]. The van der Waals surface area contributed by atoms with E-state index in [-0.39, 0.29) is 16.9 Å². The molecule has 9 heteroatoms. The van der Waals surface area contributed by atoms with Crippen molar-refractivity contribution in [3.8, 4) is 5.69 Å². The number of hydrogen-bond donors (Lipinski definition) is 1. The third-order valence-electron chi connectivity index (χ3n) is 3.57. The number of rotatable bonds is 5. The van der Waals surface area contributed by atoms with Crippen LogP contribution in [0.4, 0.5) is 21.5 Å². The fourth-order valence-corrected chi connectivity index (χ4v) is 2.37. The summed E-state index contributed by atoms with van der Waals surface area (Å²) in [5, 5.41) is 18.1. The Morgan fingerprint density at radius 3 is 2.73 bits per heavy atom. The Morgan fingerprint density at radius 1 is 1.27 bits per heavy atom. The van der Waals surface area contributed by atoms with Crippen molar-refractivity contribution < 1.29 is 18.8 Å². The Bertz CT molecular complexity index is 986. The molecule has 1 N–H and O–H groups in total. The zero-order chi connectivity index (χ0) is 18.7. The molecule has 0 unspecified atom stereocenters. The number of nitro benzene ring substituents is 1. The summed E-state index contributed by atoms with van der Waals surface area (Å²) < 4.78 is 19.7. The number of halogens is 1. The molecule has 0 fully saturated rings. The number of methoxy groups -OCH3 is 1. The van der Waals surface area contributed by atoms with Crippen LogP contribution in [0.25, 0.3) is 5.69 Å². The van der Waals surface area contributed by atoms with Crippen molar-refractivity contribution in [1.29, 1.82) is 0 Å². The molecule has 2 aromatic carbocycles. The van der Waals surface area contributed by atoms with Gasteiger partial charge in [0.2, 0.25) is 0 Å². The van der Waals surface area contributed by atoms with E-state index < -0.39 is 16.7 Å². The second-order valence-corrected chi connectivity index (χ2v) is 5.23. The van der Waals surface area contributed by atoms with Crippen LogP contribution in [0.3, 0.4) is 0 Å². The van der Waals surface area contributed by atoms with Gasteiger partial charge < -0.3 is 10.1 Å². The molecule has 0 atom stereocenters. The highest BCUT2D eigenvalue weighted by Gasteiger charge is 2.21. The summed E-state index contributed by atoms with van der Waals surface area (Å²) in [6.45, 7) is 0. The lowest BCUT2D eigenvalue weighted by atomic mass is 10.1. The molecule has 0 amide bonds. The quantitative estimate of drug-likeness (QED) is 0.427. The number of carbonyl (C=O) groups is 1. The highest BCUT2D eigenvalue weighted by atomic mass is 19.1. The number of nitrogens with zero attached hydrogens (tertiary/aromatic N) is 3. The minimum Gasteiger partial charge on any atom is -0.465 e. The molecule has 8 nitrogen and oxygen atoms in total. The van der Waals surface area contributed by atoms with Crippen LogP contribution in [-0.2, 0) is 4.74 Å². The van der Waals surface area contributed by atoms with Crippen LogP contribution in [0.5, 0.6) is 0 Å². The number of nitrogens with one attached hydrogen (secondary N) is 1. The van der Waals surface area contributed by atoms with Crippen molar-refractivity contribution >= 4 is 23.0 Å². The second-order valence-electron chi connectivity index (χ2n) is 5.23. The van der Waals surface area contributed by atoms with Gasteiger partial charge in [0.15, 0.2) is 0 Å². The summed E-state index contributed by atoms with van der Waals surface area (Å²) in [4.78, 5) is 22.1. The number of esters is 1. The molecule has 3 aromatic rings. The second kappa shape index (κ2) is 7.01. The third-order valence-corrected chi connectivity index (χ3v) is 3.57. The van der Waals surface area contributed by atoms with Crippen molar-refractivity contribution in [1.82, 2.24) is 9.78 Å². The molecule has 26 heavy (non-hydrogen) atoms. The Morgan fingerprint density at radius 2 is 2.04 bits per heavy atom. The van der Waals surface area contributed by atoms with E-state index in [1.165, 1.54) is 35.1 Å². The number of anilines is 2. The average molecular weight is 356 g/mol. The van der Waals surface area contributed by atoms with Gasteiger partial charge >= 0.3 is 5.97 Å². The molecule has 0 saturated heterocycles. The fourth-order valence-electron chi connectivity index (χ4n) is 2.37. The largest absolute Gasteiger partial charge is 0.465 e. The standard InChI is InChI=1S/C17H13FN4O4/c1-26-17(23)13-8-11(6-7-15(13)22(24)25)20-12-9-19-21(10-12)16-5-3-2-4-14(16)18/h2-10,20H,1H3. The lowest BCUT2D eigenvalue weighted by Crippen LogP contribution is -2.06. The van der Waals surface area contributed by atoms with E-state index in [4.69, 9.17) is 0 Å². The van der Waals surface area contributed by atoms with Crippen LogP contribution in [-0.4, -0.2) is 27.8 Å². The van der Waals surface area contributed by atoms with E-state index in [0.29, 0.717) is 11.4 Å². The Kier molecular flexibility index (Phi) is 4.61. The Labute approximate surface area is 147 Å². The van der Waals surface area contributed by atoms with Crippen molar-refractivity contribution in [3.05, 3.63) is 76.4 Å². The van der Waals surface area contributed by atoms with Crippen LogP contribution in [0.1, 0.15) is 10.4 Å². The summed E-state index contributed by atoms with van der Waals surface area (Å²) in [5.41, 5.74) is 0.676. The molecule has 0 bridgehead atoms. The van der Waals surface area contributed by atoms with Gasteiger partial charge in [-0.15, -0.1) is 0 Å². The highest BCUT2D eigenvalue weighted by Crippen LogP contribution is 2.26. The maximum absolute atomic E-state index is 13.8. The summed E-state index contributed by atoms with van der Waals surface area (Å²) in [6, 6.07) is 10.1. The maximum atomic E-state index is 13.8. The van der Waals surface area contributed by atoms with Gasteiger partial charge in [0, 0.05) is 11.8 Å². The summed E-state index contributed by atoms with van der Waals surface area (Å²) >= 11 is 0. The number of para-hydroxylation sites is 1. The summed E-state index contributed by atoms with van der Waals surface area (Å²) in [7, 11) is 1.14. The van der Waals surface area contributed by atoms with Crippen LogP contribution in [0.2, 0.25) is 0 Å². The third kappa shape index (κ3) is 3.36. The van der Waals surface area contributed by atoms with Gasteiger partial charge in [0.1, 0.15) is 17.1 Å². The Hall–Kier alpha value is -3.75. The van der Waals surface area contributed by atoms with Crippen LogP contribution in [0.15, 0.2) is 54.9 Å². The molecule has 132 valence electrons. The first-order chi connectivity index (χ1) is 12.5. The minimum absolute atomic E-state index is 0.177. The summed E-state index contributed by atoms with van der Waals surface area (Å²) in [5.74, 6) is -1.24.